The van der Waals surface area contributed by atoms with Crippen molar-refractivity contribution in [2.75, 3.05) is 23.7 Å². The molecule has 0 aromatic heterocycles. The molecule has 3 aromatic carbocycles. The Kier molecular flexibility index (Phi) is 7.97. The molecule has 3 aromatic rings. The van der Waals surface area contributed by atoms with Crippen molar-refractivity contribution >= 4 is 29.1 Å². The third kappa shape index (κ3) is 6.70. The van der Waals surface area contributed by atoms with Gasteiger partial charge in [0.25, 0.3) is 11.8 Å². The fourth-order valence-corrected chi connectivity index (χ4v) is 3.04. The number of carbonyl (C=O) groups is 3. The van der Waals surface area contributed by atoms with Crippen LogP contribution in [0.3, 0.4) is 0 Å². The molecule has 0 heterocycles. The molecule has 3 rings (SSSR count). The molecule has 0 saturated carbocycles. The van der Waals surface area contributed by atoms with Crippen LogP contribution in [0, 0.1) is 0 Å². The zero-order valence-electron chi connectivity index (χ0n) is 17.9. The van der Waals surface area contributed by atoms with Gasteiger partial charge in [-0.15, -0.1) is 0 Å². The topological polar surface area (TPSA) is 99.3 Å². The summed E-state index contributed by atoms with van der Waals surface area (Å²) in [5.74, 6) is -0.648. The van der Waals surface area contributed by atoms with E-state index in [1.165, 1.54) is 0 Å². The van der Waals surface area contributed by atoms with E-state index < -0.39 is 0 Å². The van der Waals surface area contributed by atoms with E-state index in [1.807, 2.05) is 37.3 Å². The van der Waals surface area contributed by atoms with E-state index in [4.69, 9.17) is 0 Å². The van der Waals surface area contributed by atoms with E-state index in [0.717, 1.165) is 5.56 Å². The SMILES string of the molecule is CCNC(=O)c1cccc(NC(=O)CNc2cccc(C(=O)NCc3ccccc3)c2)c1. The van der Waals surface area contributed by atoms with Crippen LogP contribution in [0.5, 0.6) is 0 Å². The summed E-state index contributed by atoms with van der Waals surface area (Å²) in [7, 11) is 0. The van der Waals surface area contributed by atoms with Crippen LogP contribution in [0.2, 0.25) is 0 Å². The maximum absolute atomic E-state index is 12.4. The Hall–Kier alpha value is -4.13. The minimum absolute atomic E-state index is 0.0144. The number of carbonyl (C=O) groups excluding carboxylic acids is 3. The van der Waals surface area contributed by atoms with Crippen molar-refractivity contribution in [2.45, 2.75) is 13.5 Å². The van der Waals surface area contributed by atoms with Crippen molar-refractivity contribution in [1.82, 2.24) is 10.6 Å². The van der Waals surface area contributed by atoms with Crippen LogP contribution in [0.1, 0.15) is 33.2 Å². The Balaban J connectivity index is 1.52. The van der Waals surface area contributed by atoms with E-state index in [-0.39, 0.29) is 24.3 Å². The molecule has 7 nitrogen and oxygen atoms in total. The predicted octanol–water partition coefficient (Wildman–Crippen LogP) is 3.42. The number of benzene rings is 3. The van der Waals surface area contributed by atoms with E-state index in [9.17, 15) is 14.4 Å². The molecule has 0 fully saturated rings. The molecule has 7 heteroatoms. The summed E-state index contributed by atoms with van der Waals surface area (Å²) < 4.78 is 0. The van der Waals surface area contributed by atoms with Gasteiger partial charge in [-0.05, 0) is 48.9 Å². The lowest BCUT2D eigenvalue weighted by molar-refractivity contribution is -0.114. The molecule has 0 bridgehead atoms. The summed E-state index contributed by atoms with van der Waals surface area (Å²) in [6, 6.07) is 23.4. The van der Waals surface area contributed by atoms with Crippen LogP contribution in [0.4, 0.5) is 11.4 Å². The number of rotatable bonds is 9. The molecule has 0 spiro atoms. The van der Waals surface area contributed by atoms with Gasteiger partial charge in [-0.1, -0.05) is 42.5 Å². The summed E-state index contributed by atoms with van der Waals surface area (Å²) in [6.45, 7) is 2.83. The van der Waals surface area contributed by atoms with Crippen LogP contribution in [-0.4, -0.2) is 30.8 Å². The van der Waals surface area contributed by atoms with Crippen LogP contribution < -0.4 is 21.3 Å². The van der Waals surface area contributed by atoms with Crippen LogP contribution in [-0.2, 0) is 11.3 Å². The Morgan fingerprint density at radius 2 is 1.34 bits per heavy atom. The standard InChI is InChI=1S/C25H26N4O3/c1-2-26-24(31)20-11-7-13-22(15-20)29-23(30)17-27-21-12-6-10-19(14-21)25(32)28-16-18-8-4-3-5-9-18/h3-15,27H,2,16-17H2,1H3,(H,26,31)(H,28,32)(H,29,30). The number of anilines is 2. The average Bonchev–Trinajstić information content (AvgIpc) is 2.82. The van der Waals surface area contributed by atoms with Crippen LogP contribution >= 0.6 is 0 Å². The van der Waals surface area contributed by atoms with Gasteiger partial charge in [0.15, 0.2) is 0 Å². The lowest BCUT2D eigenvalue weighted by Gasteiger charge is -2.10. The average molecular weight is 431 g/mol. The first-order chi connectivity index (χ1) is 15.5. The number of hydrogen-bond donors (Lipinski definition) is 4. The Bertz CT molecular complexity index is 1080. The fraction of sp³-hybridized carbons (Fsp3) is 0.160. The second-order valence-electron chi connectivity index (χ2n) is 7.09. The normalized spacial score (nSPS) is 10.2. The maximum Gasteiger partial charge on any atom is 0.251 e. The van der Waals surface area contributed by atoms with Crippen molar-refractivity contribution in [2.24, 2.45) is 0 Å². The maximum atomic E-state index is 12.4. The largest absolute Gasteiger partial charge is 0.376 e. The zero-order valence-corrected chi connectivity index (χ0v) is 17.9. The molecule has 3 amide bonds. The first-order valence-corrected chi connectivity index (χ1v) is 10.4. The first kappa shape index (κ1) is 22.6. The number of hydrogen-bond acceptors (Lipinski definition) is 4. The van der Waals surface area contributed by atoms with Crippen molar-refractivity contribution in [1.29, 1.82) is 0 Å². The van der Waals surface area contributed by atoms with E-state index in [1.54, 1.807) is 48.5 Å². The van der Waals surface area contributed by atoms with Crippen LogP contribution in [0.25, 0.3) is 0 Å². The summed E-state index contributed by atoms with van der Waals surface area (Å²) in [6.07, 6.45) is 0. The van der Waals surface area contributed by atoms with Gasteiger partial charge >= 0.3 is 0 Å². The third-order valence-corrected chi connectivity index (χ3v) is 4.62. The second kappa shape index (κ2) is 11.3. The van der Waals surface area contributed by atoms with Gasteiger partial charge in [0.2, 0.25) is 5.91 Å². The van der Waals surface area contributed by atoms with Gasteiger partial charge in [0, 0.05) is 35.6 Å². The smallest absolute Gasteiger partial charge is 0.251 e. The highest BCUT2D eigenvalue weighted by atomic mass is 16.2. The Morgan fingerprint density at radius 1 is 0.719 bits per heavy atom. The van der Waals surface area contributed by atoms with Crippen molar-refractivity contribution in [3.63, 3.8) is 0 Å². The van der Waals surface area contributed by atoms with Gasteiger partial charge in [-0.3, -0.25) is 14.4 Å². The summed E-state index contributed by atoms with van der Waals surface area (Å²) in [5.41, 5.74) is 3.19. The Labute approximate surface area is 187 Å². The first-order valence-electron chi connectivity index (χ1n) is 10.4. The van der Waals surface area contributed by atoms with Crippen molar-refractivity contribution < 1.29 is 14.4 Å². The highest BCUT2D eigenvalue weighted by Gasteiger charge is 2.09. The number of nitrogens with one attached hydrogen (secondary N) is 4. The molecular formula is C25H26N4O3. The van der Waals surface area contributed by atoms with Gasteiger partial charge in [-0.2, -0.15) is 0 Å². The van der Waals surface area contributed by atoms with E-state index in [2.05, 4.69) is 21.3 Å². The lowest BCUT2D eigenvalue weighted by atomic mass is 10.1. The fourth-order valence-electron chi connectivity index (χ4n) is 3.04. The monoisotopic (exact) mass is 430 g/mol. The molecule has 32 heavy (non-hydrogen) atoms. The molecule has 0 aliphatic rings. The van der Waals surface area contributed by atoms with Crippen molar-refractivity contribution in [3.8, 4) is 0 Å². The third-order valence-electron chi connectivity index (χ3n) is 4.62. The molecule has 4 N–H and O–H groups in total. The minimum Gasteiger partial charge on any atom is -0.376 e. The van der Waals surface area contributed by atoms with Gasteiger partial charge in [0.1, 0.15) is 0 Å². The van der Waals surface area contributed by atoms with Gasteiger partial charge in [0.05, 0.1) is 6.54 Å². The molecule has 0 aliphatic heterocycles. The van der Waals surface area contributed by atoms with Crippen molar-refractivity contribution in [3.05, 3.63) is 95.6 Å². The minimum atomic E-state index is -0.267. The lowest BCUT2D eigenvalue weighted by Crippen LogP contribution is -2.24. The summed E-state index contributed by atoms with van der Waals surface area (Å²) in [4.78, 5) is 36.7. The quantitative estimate of drug-likeness (QED) is 0.418. The zero-order chi connectivity index (χ0) is 22.8. The van der Waals surface area contributed by atoms with E-state index >= 15 is 0 Å². The molecule has 0 atom stereocenters. The predicted molar refractivity (Wildman–Crippen MR) is 126 cm³/mol. The Morgan fingerprint density at radius 3 is 2.03 bits per heavy atom. The molecule has 0 radical (unpaired) electrons. The molecule has 0 saturated heterocycles. The van der Waals surface area contributed by atoms with Gasteiger partial charge < -0.3 is 21.3 Å². The van der Waals surface area contributed by atoms with Crippen LogP contribution in [0.15, 0.2) is 78.9 Å². The number of amides is 3. The highest BCUT2D eigenvalue weighted by molar-refractivity contribution is 5.98. The highest BCUT2D eigenvalue weighted by Crippen LogP contribution is 2.13. The summed E-state index contributed by atoms with van der Waals surface area (Å²) in [5, 5.41) is 11.4. The second-order valence-corrected chi connectivity index (χ2v) is 7.09. The summed E-state index contributed by atoms with van der Waals surface area (Å²) >= 11 is 0. The van der Waals surface area contributed by atoms with E-state index in [0.29, 0.717) is 35.6 Å². The van der Waals surface area contributed by atoms with Gasteiger partial charge in [-0.25, -0.2) is 0 Å². The molecule has 0 aliphatic carbocycles. The molecular weight excluding hydrogens is 404 g/mol. The molecule has 164 valence electrons. The molecule has 0 unspecified atom stereocenters.